The van der Waals surface area contributed by atoms with Gasteiger partial charge < -0.3 is 5.32 Å². The molecule has 1 heterocycles. The molecule has 8 heteroatoms. The minimum absolute atomic E-state index is 0.0804. The van der Waals surface area contributed by atoms with Gasteiger partial charge in [0, 0.05) is 16.6 Å². The van der Waals surface area contributed by atoms with Crippen LogP contribution in [0.2, 0.25) is 0 Å². The first-order valence-corrected chi connectivity index (χ1v) is 8.74. The summed E-state index contributed by atoms with van der Waals surface area (Å²) in [5.41, 5.74) is 2.06. The number of rotatable bonds is 6. The van der Waals surface area contributed by atoms with Crippen molar-refractivity contribution in [2.45, 2.75) is 25.4 Å². The van der Waals surface area contributed by atoms with Gasteiger partial charge in [0.05, 0.1) is 11.9 Å². The molecule has 0 unspecified atom stereocenters. The topological polar surface area (TPSA) is 86.9 Å². The van der Waals surface area contributed by atoms with Crippen molar-refractivity contribution in [3.8, 4) is 0 Å². The van der Waals surface area contributed by atoms with E-state index in [0.29, 0.717) is 17.8 Å². The lowest BCUT2D eigenvalue weighted by molar-refractivity contribution is 0.594. The van der Waals surface area contributed by atoms with Crippen molar-refractivity contribution in [3.05, 3.63) is 40.0 Å². The van der Waals surface area contributed by atoms with E-state index in [4.69, 9.17) is 0 Å². The van der Waals surface area contributed by atoms with Gasteiger partial charge in [-0.25, -0.2) is 0 Å². The Labute approximate surface area is 132 Å². The number of hydrogen-bond acceptors (Lipinski definition) is 4. The van der Waals surface area contributed by atoms with Gasteiger partial charge in [-0.05, 0) is 41.0 Å². The molecular weight excluding hydrogens is 356 g/mol. The van der Waals surface area contributed by atoms with Crippen LogP contribution in [0.4, 0.5) is 5.69 Å². The average Bonchev–Trinajstić information content (AvgIpc) is 2.91. The molecule has 2 rings (SSSR count). The summed E-state index contributed by atoms with van der Waals surface area (Å²) in [6.07, 6.45) is 1.52. The molecule has 0 amide bonds. The minimum Gasteiger partial charge on any atom is -0.313 e. The van der Waals surface area contributed by atoms with Crippen molar-refractivity contribution in [2.24, 2.45) is 0 Å². The summed E-state index contributed by atoms with van der Waals surface area (Å²) < 4.78 is 28.3. The molecule has 1 aromatic heterocycles. The Hall–Kier alpha value is -1.38. The van der Waals surface area contributed by atoms with Gasteiger partial charge >= 0.3 is 0 Å². The SMILES string of the molecule is CCNCc1cn[nH]c1S(=O)(=O)Nc1cccc(C)c1Br. The van der Waals surface area contributed by atoms with Crippen LogP contribution in [-0.4, -0.2) is 25.2 Å². The number of benzene rings is 1. The predicted octanol–water partition coefficient (Wildman–Crippen LogP) is 2.39. The zero-order valence-corrected chi connectivity index (χ0v) is 14.2. The molecule has 2 aromatic rings. The van der Waals surface area contributed by atoms with Gasteiger partial charge in [-0.2, -0.15) is 13.5 Å². The average molecular weight is 373 g/mol. The van der Waals surface area contributed by atoms with E-state index in [-0.39, 0.29) is 5.03 Å². The van der Waals surface area contributed by atoms with Gasteiger partial charge in [-0.15, -0.1) is 0 Å². The lowest BCUT2D eigenvalue weighted by Gasteiger charge is -2.11. The molecule has 0 atom stereocenters. The third-order valence-corrected chi connectivity index (χ3v) is 5.38. The van der Waals surface area contributed by atoms with Crippen molar-refractivity contribution in [1.82, 2.24) is 15.5 Å². The predicted molar refractivity (Wildman–Crippen MR) is 85.7 cm³/mol. The van der Waals surface area contributed by atoms with E-state index < -0.39 is 10.0 Å². The molecule has 0 saturated heterocycles. The zero-order chi connectivity index (χ0) is 15.5. The largest absolute Gasteiger partial charge is 0.313 e. The maximum Gasteiger partial charge on any atom is 0.279 e. The van der Waals surface area contributed by atoms with E-state index >= 15 is 0 Å². The van der Waals surface area contributed by atoms with Crippen molar-refractivity contribution in [1.29, 1.82) is 0 Å². The lowest BCUT2D eigenvalue weighted by atomic mass is 10.2. The molecular formula is C13H17BrN4O2S. The van der Waals surface area contributed by atoms with Crippen molar-refractivity contribution >= 4 is 31.6 Å². The van der Waals surface area contributed by atoms with E-state index in [2.05, 4.69) is 36.2 Å². The maximum atomic E-state index is 12.5. The van der Waals surface area contributed by atoms with Gasteiger partial charge in [0.2, 0.25) is 0 Å². The second-order valence-corrected chi connectivity index (χ2v) is 6.96. The molecule has 21 heavy (non-hydrogen) atoms. The number of halogens is 1. The fourth-order valence-electron chi connectivity index (χ4n) is 1.84. The third-order valence-electron chi connectivity index (χ3n) is 2.95. The summed E-state index contributed by atoms with van der Waals surface area (Å²) in [7, 11) is -3.71. The Morgan fingerprint density at radius 1 is 1.38 bits per heavy atom. The molecule has 0 aliphatic carbocycles. The standard InChI is InChI=1S/C13H17BrN4O2S/c1-3-15-7-10-8-16-17-13(10)21(19,20)18-11-6-4-5-9(2)12(11)14/h4-6,8,15,18H,3,7H2,1-2H3,(H,16,17). The van der Waals surface area contributed by atoms with Crippen LogP contribution in [0.5, 0.6) is 0 Å². The monoisotopic (exact) mass is 372 g/mol. The number of sulfonamides is 1. The van der Waals surface area contributed by atoms with Crippen LogP contribution in [0.1, 0.15) is 18.1 Å². The van der Waals surface area contributed by atoms with E-state index in [1.807, 2.05) is 19.9 Å². The van der Waals surface area contributed by atoms with E-state index in [1.165, 1.54) is 6.20 Å². The quantitative estimate of drug-likeness (QED) is 0.726. The van der Waals surface area contributed by atoms with Gasteiger partial charge in [0.15, 0.2) is 5.03 Å². The first-order chi connectivity index (χ1) is 9.95. The van der Waals surface area contributed by atoms with Crippen LogP contribution >= 0.6 is 15.9 Å². The van der Waals surface area contributed by atoms with E-state index in [1.54, 1.807) is 12.1 Å². The fourth-order valence-corrected chi connectivity index (χ4v) is 3.54. The molecule has 114 valence electrons. The highest BCUT2D eigenvalue weighted by Crippen LogP contribution is 2.28. The molecule has 0 radical (unpaired) electrons. The Bertz CT molecular complexity index is 728. The zero-order valence-electron chi connectivity index (χ0n) is 11.8. The number of nitrogens with zero attached hydrogens (tertiary/aromatic N) is 1. The van der Waals surface area contributed by atoms with Crippen molar-refractivity contribution in [3.63, 3.8) is 0 Å². The molecule has 0 fully saturated rings. The Kier molecular flexibility index (Phi) is 5.02. The Balaban J connectivity index is 2.30. The second-order valence-electron chi connectivity index (χ2n) is 4.55. The highest BCUT2D eigenvalue weighted by Gasteiger charge is 2.21. The first-order valence-electron chi connectivity index (χ1n) is 6.46. The normalized spacial score (nSPS) is 11.6. The summed E-state index contributed by atoms with van der Waals surface area (Å²) in [6, 6.07) is 5.40. The van der Waals surface area contributed by atoms with Gasteiger partial charge in [-0.1, -0.05) is 19.1 Å². The molecule has 0 spiro atoms. The number of anilines is 1. The Morgan fingerprint density at radius 3 is 2.86 bits per heavy atom. The molecule has 6 nitrogen and oxygen atoms in total. The number of hydrogen-bond donors (Lipinski definition) is 3. The maximum absolute atomic E-state index is 12.5. The highest BCUT2D eigenvalue weighted by molar-refractivity contribution is 9.10. The van der Waals surface area contributed by atoms with Crippen LogP contribution in [0, 0.1) is 6.92 Å². The van der Waals surface area contributed by atoms with E-state index in [9.17, 15) is 8.42 Å². The number of aryl methyl sites for hydroxylation is 1. The molecule has 0 bridgehead atoms. The van der Waals surface area contributed by atoms with Crippen molar-refractivity contribution in [2.75, 3.05) is 11.3 Å². The molecule has 0 aliphatic rings. The van der Waals surface area contributed by atoms with Crippen LogP contribution in [0.25, 0.3) is 0 Å². The summed E-state index contributed by atoms with van der Waals surface area (Å²) in [5, 5.41) is 9.55. The van der Waals surface area contributed by atoms with Gasteiger partial charge in [0.25, 0.3) is 10.0 Å². The number of nitrogens with one attached hydrogen (secondary N) is 3. The summed E-state index contributed by atoms with van der Waals surface area (Å²) in [5.74, 6) is 0. The summed E-state index contributed by atoms with van der Waals surface area (Å²) in [4.78, 5) is 0. The molecule has 1 aromatic carbocycles. The third kappa shape index (κ3) is 3.63. The first kappa shape index (κ1) is 16.0. The highest BCUT2D eigenvalue weighted by atomic mass is 79.9. The van der Waals surface area contributed by atoms with Crippen LogP contribution < -0.4 is 10.0 Å². The number of aromatic amines is 1. The van der Waals surface area contributed by atoms with Gasteiger partial charge in [0.1, 0.15) is 0 Å². The number of H-pyrrole nitrogens is 1. The van der Waals surface area contributed by atoms with Gasteiger partial charge in [-0.3, -0.25) is 9.82 Å². The summed E-state index contributed by atoms with van der Waals surface area (Å²) >= 11 is 3.39. The number of aromatic nitrogens is 2. The van der Waals surface area contributed by atoms with E-state index in [0.717, 1.165) is 16.6 Å². The molecule has 0 saturated carbocycles. The van der Waals surface area contributed by atoms with Crippen LogP contribution in [0.3, 0.4) is 0 Å². The van der Waals surface area contributed by atoms with Crippen molar-refractivity contribution < 1.29 is 8.42 Å². The Morgan fingerprint density at radius 2 is 2.14 bits per heavy atom. The van der Waals surface area contributed by atoms with Crippen LogP contribution in [0.15, 0.2) is 33.9 Å². The molecule has 3 N–H and O–H groups in total. The smallest absolute Gasteiger partial charge is 0.279 e. The molecule has 0 aliphatic heterocycles. The second kappa shape index (κ2) is 6.59. The lowest BCUT2D eigenvalue weighted by Crippen LogP contribution is -2.18. The minimum atomic E-state index is -3.71. The fraction of sp³-hybridized carbons (Fsp3) is 0.308. The summed E-state index contributed by atoms with van der Waals surface area (Å²) in [6.45, 7) is 5.05. The van der Waals surface area contributed by atoms with Crippen LogP contribution in [-0.2, 0) is 16.6 Å².